The normalized spacial score (nSPS) is 12.4. The van der Waals surface area contributed by atoms with Crippen LogP contribution in [0.5, 0.6) is 0 Å². The molecule has 2 rings (SSSR count). The summed E-state index contributed by atoms with van der Waals surface area (Å²) in [6.07, 6.45) is 4.27. The molecule has 0 saturated carbocycles. The smallest absolute Gasteiger partial charge is 0.181 e. The first-order chi connectivity index (χ1) is 8.22. The van der Waals surface area contributed by atoms with Gasteiger partial charge in [-0.25, -0.2) is 4.68 Å². The van der Waals surface area contributed by atoms with Gasteiger partial charge >= 0.3 is 0 Å². The standard InChI is InChI=1S/C12H14N4O/c1-3-12(10-6-4-5-7-13-10)16-8-11(9(2)17)14-15-16/h4-8,12H,3H2,1-2H3/t12-/m1/s1. The second-order valence-electron chi connectivity index (χ2n) is 3.82. The average molecular weight is 230 g/mol. The van der Waals surface area contributed by atoms with Crippen molar-refractivity contribution in [1.82, 2.24) is 20.0 Å². The van der Waals surface area contributed by atoms with E-state index < -0.39 is 0 Å². The van der Waals surface area contributed by atoms with Crippen LogP contribution in [0.25, 0.3) is 0 Å². The van der Waals surface area contributed by atoms with E-state index in [9.17, 15) is 4.79 Å². The van der Waals surface area contributed by atoms with Crippen LogP contribution in [0.2, 0.25) is 0 Å². The summed E-state index contributed by atoms with van der Waals surface area (Å²) < 4.78 is 1.69. The maximum Gasteiger partial charge on any atom is 0.181 e. The molecule has 0 spiro atoms. The highest BCUT2D eigenvalue weighted by Crippen LogP contribution is 2.18. The second kappa shape index (κ2) is 4.86. The average Bonchev–Trinajstić information content (AvgIpc) is 2.81. The number of aromatic nitrogens is 4. The highest BCUT2D eigenvalue weighted by molar-refractivity contribution is 5.91. The molecule has 88 valence electrons. The van der Waals surface area contributed by atoms with Crippen LogP contribution >= 0.6 is 0 Å². The van der Waals surface area contributed by atoms with Crippen molar-refractivity contribution in [2.24, 2.45) is 0 Å². The molecule has 2 aromatic heterocycles. The fraction of sp³-hybridized carbons (Fsp3) is 0.333. The van der Waals surface area contributed by atoms with Crippen LogP contribution in [0, 0.1) is 0 Å². The first kappa shape index (κ1) is 11.4. The summed E-state index contributed by atoms with van der Waals surface area (Å²) in [6.45, 7) is 3.53. The fourth-order valence-electron chi connectivity index (χ4n) is 1.70. The lowest BCUT2D eigenvalue weighted by Gasteiger charge is -2.13. The Balaban J connectivity index is 2.32. The lowest BCUT2D eigenvalue weighted by molar-refractivity contribution is 0.101. The van der Waals surface area contributed by atoms with Crippen molar-refractivity contribution in [2.75, 3.05) is 0 Å². The predicted octanol–water partition coefficient (Wildman–Crippen LogP) is 1.88. The lowest BCUT2D eigenvalue weighted by atomic mass is 10.1. The first-order valence-corrected chi connectivity index (χ1v) is 5.56. The molecule has 0 aliphatic heterocycles. The van der Waals surface area contributed by atoms with Crippen LogP contribution in [-0.4, -0.2) is 25.8 Å². The summed E-state index contributed by atoms with van der Waals surface area (Å²) in [4.78, 5) is 15.5. The van der Waals surface area contributed by atoms with Gasteiger partial charge in [0, 0.05) is 13.1 Å². The third kappa shape index (κ3) is 2.38. The van der Waals surface area contributed by atoms with Gasteiger partial charge in [-0.3, -0.25) is 9.78 Å². The topological polar surface area (TPSA) is 60.7 Å². The molecule has 5 heteroatoms. The Morgan fingerprint density at radius 1 is 1.47 bits per heavy atom. The van der Waals surface area contributed by atoms with Crippen molar-refractivity contribution in [3.63, 3.8) is 0 Å². The molecular formula is C12H14N4O. The molecule has 0 saturated heterocycles. The van der Waals surface area contributed by atoms with Crippen LogP contribution in [0.1, 0.15) is 42.5 Å². The monoisotopic (exact) mass is 230 g/mol. The molecule has 0 aromatic carbocycles. The van der Waals surface area contributed by atoms with Crippen LogP contribution in [0.4, 0.5) is 0 Å². The Bertz CT molecular complexity index is 506. The minimum Gasteiger partial charge on any atom is -0.293 e. The zero-order chi connectivity index (χ0) is 12.3. The molecule has 5 nitrogen and oxygen atoms in total. The van der Waals surface area contributed by atoms with Gasteiger partial charge in [0.25, 0.3) is 0 Å². The molecule has 0 N–H and O–H groups in total. The summed E-state index contributed by atoms with van der Waals surface area (Å²) >= 11 is 0. The van der Waals surface area contributed by atoms with E-state index in [2.05, 4.69) is 22.2 Å². The van der Waals surface area contributed by atoms with Crippen molar-refractivity contribution >= 4 is 5.78 Å². The van der Waals surface area contributed by atoms with Gasteiger partial charge in [-0.2, -0.15) is 0 Å². The van der Waals surface area contributed by atoms with E-state index in [1.165, 1.54) is 6.92 Å². The maximum absolute atomic E-state index is 11.2. The van der Waals surface area contributed by atoms with Crippen molar-refractivity contribution in [3.8, 4) is 0 Å². The summed E-state index contributed by atoms with van der Waals surface area (Å²) in [5.74, 6) is -0.0767. The van der Waals surface area contributed by atoms with Gasteiger partial charge < -0.3 is 0 Å². The van der Waals surface area contributed by atoms with Crippen molar-refractivity contribution in [3.05, 3.63) is 42.0 Å². The number of Topliss-reactive ketones (excluding diaryl/α,β-unsaturated/α-hetero) is 1. The summed E-state index contributed by atoms with van der Waals surface area (Å²) in [6, 6.07) is 5.78. The van der Waals surface area contributed by atoms with E-state index in [1.807, 2.05) is 18.2 Å². The number of hydrogen-bond acceptors (Lipinski definition) is 4. The molecule has 0 fully saturated rings. The third-order valence-electron chi connectivity index (χ3n) is 2.61. The highest BCUT2D eigenvalue weighted by atomic mass is 16.1. The second-order valence-corrected chi connectivity index (χ2v) is 3.82. The Kier molecular flexibility index (Phi) is 3.27. The zero-order valence-corrected chi connectivity index (χ0v) is 9.87. The SMILES string of the molecule is CC[C@H](c1ccccn1)n1cc(C(C)=O)nn1. The van der Waals surface area contributed by atoms with Crippen molar-refractivity contribution in [2.45, 2.75) is 26.3 Å². The number of carbonyl (C=O) groups excluding carboxylic acids is 1. The van der Waals surface area contributed by atoms with Gasteiger partial charge in [0.2, 0.25) is 0 Å². The number of rotatable bonds is 4. The van der Waals surface area contributed by atoms with Crippen LogP contribution < -0.4 is 0 Å². The van der Waals surface area contributed by atoms with E-state index in [4.69, 9.17) is 0 Å². The lowest BCUT2D eigenvalue weighted by Crippen LogP contribution is -2.11. The van der Waals surface area contributed by atoms with E-state index in [-0.39, 0.29) is 11.8 Å². The Morgan fingerprint density at radius 3 is 2.82 bits per heavy atom. The van der Waals surface area contributed by atoms with Crippen LogP contribution in [0.15, 0.2) is 30.6 Å². The van der Waals surface area contributed by atoms with Gasteiger partial charge in [0.05, 0.1) is 17.9 Å². The number of hydrogen-bond donors (Lipinski definition) is 0. The molecule has 0 radical (unpaired) electrons. The molecule has 1 atom stereocenters. The van der Waals surface area contributed by atoms with Gasteiger partial charge in [-0.15, -0.1) is 5.10 Å². The minimum absolute atomic E-state index is 0.0248. The Morgan fingerprint density at radius 2 is 2.29 bits per heavy atom. The van der Waals surface area contributed by atoms with E-state index in [0.29, 0.717) is 5.69 Å². The van der Waals surface area contributed by atoms with Gasteiger partial charge in [0.15, 0.2) is 5.78 Å². The van der Waals surface area contributed by atoms with Crippen LogP contribution in [-0.2, 0) is 0 Å². The van der Waals surface area contributed by atoms with Gasteiger partial charge in [-0.1, -0.05) is 18.2 Å². The molecule has 0 unspecified atom stereocenters. The molecule has 0 bridgehead atoms. The Labute approximate surface area is 99.5 Å². The molecule has 17 heavy (non-hydrogen) atoms. The van der Waals surface area contributed by atoms with Crippen molar-refractivity contribution < 1.29 is 4.79 Å². The first-order valence-electron chi connectivity index (χ1n) is 5.56. The number of pyridine rings is 1. The zero-order valence-electron chi connectivity index (χ0n) is 9.87. The molecular weight excluding hydrogens is 216 g/mol. The van der Waals surface area contributed by atoms with Crippen LogP contribution in [0.3, 0.4) is 0 Å². The summed E-state index contributed by atoms with van der Waals surface area (Å²) in [5, 5.41) is 7.84. The minimum atomic E-state index is -0.0767. The van der Waals surface area contributed by atoms with Gasteiger partial charge in [-0.05, 0) is 18.6 Å². The maximum atomic E-state index is 11.2. The van der Waals surface area contributed by atoms with E-state index in [1.54, 1.807) is 17.1 Å². The molecule has 2 aromatic rings. The Hall–Kier alpha value is -2.04. The van der Waals surface area contributed by atoms with E-state index in [0.717, 1.165) is 12.1 Å². The van der Waals surface area contributed by atoms with Crippen molar-refractivity contribution in [1.29, 1.82) is 0 Å². The fourth-order valence-corrected chi connectivity index (χ4v) is 1.70. The highest BCUT2D eigenvalue weighted by Gasteiger charge is 2.15. The summed E-state index contributed by atoms with van der Waals surface area (Å²) in [7, 11) is 0. The largest absolute Gasteiger partial charge is 0.293 e. The molecule has 0 aliphatic rings. The number of nitrogens with zero attached hydrogens (tertiary/aromatic N) is 4. The molecule has 0 aliphatic carbocycles. The third-order valence-corrected chi connectivity index (χ3v) is 2.61. The molecule has 2 heterocycles. The van der Waals surface area contributed by atoms with Gasteiger partial charge in [0.1, 0.15) is 5.69 Å². The predicted molar refractivity (Wildman–Crippen MR) is 62.7 cm³/mol. The number of ketones is 1. The summed E-state index contributed by atoms with van der Waals surface area (Å²) in [5.41, 5.74) is 1.31. The van der Waals surface area contributed by atoms with E-state index >= 15 is 0 Å². The number of carbonyl (C=O) groups is 1. The molecule has 0 amide bonds. The quantitative estimate of drug-likeness (QED) is 0.752.